The van der Waals surface area contributed by atoms with Gasteiger partial charge in [-0.15, -0.1) is 0 Å². The number of hydrogen-bond acceptors (Lipinski definition) is 2. The van der Waals surface area contributed by atoms with Crippen LogP contribution in [0, 0.1) is 5.92 Å². The Labute approximate surface area is 132 Å². The first-order valence-corrected chi connectivity index (χ1v) is 8.43. The van der Waals surface area contributed by atoms with Crippen LogP contribution in [0.3, 0.4) is 0 Å². The first-order chi connectivity index (χ1) is 10.8. The van der Waals surface area contributed by atoms with Gasteiger partial charge in [0, 0.05) is 24.8 Å². The molecule has 114 valence electrons. The lowest BCUT2D eigenvalue weighted by molar-refractivity contribution is 0.0938. The van der Waals surface area contributed by atoms with Gasteiger partial charge in [0.15, 0.2) is 0 Å². The van der Waals surface area contributed by atoms with Crippen molar-refractivity contribution in [1.82, 2.24) is 4.90 Å². The van der Waals surface area contributed by atoms with E-state index in [2.05, 4.69) is 47.4 Å². The van der Waals surface area contributed by atoms with Crippen LogP contribution in [0.25, 0.3) is 0 Å². The van der Waals surface area contributed by atoms with Gasteiger partial charge in [0.2, 0.25) is 0 Å². The number of nitrogens with two attached hydrogens (primary N) is 1. The van der Waals surface area contributed by atoms with Crippen LogP contribution >= 0.6 is 0 Å². The lowest BCUT2D eigenvalue weighted by atomic mass is 9.80. The van der Waals surface area contributed by atoms with Gasteiger partial charge in [0.1, 0.15) is 0 Å². The molecule has 2 bridgehead atoms. The summed E-state index contributed by atoms with van der Waals surface area (Å²) in [4.78, 5) is 2.69. The van der Waals surface area contributed by atoms with Crippen molar-refractivity contribution in [2.45, 2.75) is 38.3 Å². The van der Waals surface area contributed by atoms with Crippen molar-refractivity contribution in [2.75, 3.05) is 12.3 Å². The largest absolute Gasteiger partial charge is 0.399 e. The summed E-state index contributed by atoms with van der Waals surface area (Å²) < 4.78 is 0. The van der Waals surface area contributed by atoms with Gasteiger partial charge >= 0.3 is 0 Å². The summed E-state index contributed by atoms with van der Waals surface area (Å²) in [5, 5.41) is 0. The summed E-state index contributed by atoms with van der Waals surface area (Å²) in [5.41, 5.74) is 11.3. The molecule has 2 aromatic rings. The molecule has 2 heteroatoms. The Morgan fingerprint density at radius 3 is 2.59 bits per heavy atom. The summed E-state index contributed by atoms with van der Waals surface area (Å²) in [6.45, 7) is 2.27. The third kappa shape index (κ3) is 2.76. The molecule has 1 aliphatic carbocycles. The van der Waals surface area contributed by atoms with Crippen LogP contribution in [-0.4, -0.2) is 17.5 Å². The maximum atomic E-state index is 5.94. The number of fused-ring (bicyclic) bond motifs is 2. The molecule has 2 heterocycles. The van der Waals surface area contributed by atoms with Gasteiger partial charge in [-0.25, -0.2) is 0 Å². The zero-order valence-electron chi connectivity index (χ0n) is 13.0. The van der Waals surface area contributed by atoms with E-state index in [1.165, 1.54) is 37.8 Å². The molecule has 0 radical (unpaired) electrons. The number of hydrogen-bond donors (Lipinski definition) is 1. The van der Waals surface area contributed by atoms with Crippen molar-refractivity contribution < 1.29 is 0 Å². The fraction of sp³-hybridized carbons (Fsp3) is 0.400. The minimum absolute atomic E-state index is 0.680. The van der Waals surface area contributed by atoms with Crippen LogP contribution in [0.15, 0.2) is 48.5 Å². The zero-order chi connectivity index (χ0) is 14.9. The smallest absolute Gasteiger partial charge is 0.0317 e. The Balaban J connectivity index is 1.58. The highest BCUT2D eigenvalue weighted by molar-refractivity contribution is 5.40. The normalized spacial score (nSPS) is 24.5. The van der Waals surface area contributed by atoms with Gasteiger partial charge in [-0.3, -0.25) is 4.90 Å². The summed E-state index contributed by atoms with van der Waals surface area (Å²) in [7, 11) is 0. The fourth-order valence-corrected chi connectivity index (χ4v) is 4.22. The van der Waals surface area contributed by atoms with Gasteiger partial charge in [-0.2, -0.15) is 0 Å². The fourth-order valence-electron chi connectivity index (χ4n) is 4.22. The molecule has 5 rings (SSSR count). The summed E-state index contributed by atoms with van der Waals surface area (Å²) in [6.07, 6.45) is 5.16. The molecule has 0 unspecified atom stereocenters. The van der Waals surface area contributed by atoms with E-state index in [0.717, 1.165) is 18.2 Å². The van der Waals surface area contributed by atoms with Crippen LogP contribution in [0.4, 0.5) is 5.69 Å². The summed E-state index contributed by atoms with van der Waals surface area (Å²) in [5.74, 6) is 0.804. The number of anilines is 1. The molecule has 0 amide bonds. The van der Waals surface area contributed by atoms with Crippen LogP contribution in [0.5, 0.6) is 0 Å². The first-order valence-electron chi connectivity index (χ1n) is 8.43. The number of nitrogens with zero attached hydrogens (tertiary/aromatic N) is 1. The van der Waals surface area contributed by atoms with E-state index in [9.17, 15) is 0 Å². The molecule has 2 N–H and O–H groups in total. The third-order valence-corrected chi connectivity index (χ3v) is 5.34. The van der Waals surface area contributed by atoms with Crippen molar-refractivity contribution in [1.29, 1.82) is 0 Å². The van der Waals surface area contributed by atoms with Crippen LogP contribution in [0.2, 0.25) is 0 Å². The second-order valence-electron chi connectivity index (χ2n) is 6.95. The van der Waals surface area contributed by atoms with Crippen LogP contribution in [0.1, 0.15) is 29.5 Å². The molecule has 0 saturated carbocycles. The molecule has 2 aliphatic heterocycles. The standard InChI is InChI=1S/C20H24N2/c21-19-7-3-4-15(11-19)13-22-14-16-8-9-20(22)12-18-6-2-1-5-17(18)10-16/h1-7,11,16,20H,8-10,12-14,21H2/t16-,20-/m1/s1. The lowest BCUT2D eigenvalue weighted by Crippen LogP contribution is -2.46. The van der Waals surface area contributed by atoms with E-state index in [0.29, 0.717) is 6.04 Å². The Kier molecular flexibility index (Phi) is 3.63. The second kappa shape index (κ2) is 5.77. The minimum Gasteiger partial charge on any atom is -0.399 e. The first kappa shape index (κ1) is 13.8. The van der Waals surface area contributed by atoms with E-state index in [1.54, 1.807) is 11.1 Å². The van der Waals surface area contributed by atoms with Gasteiger partial charge in [-0.05, 0) is 60.4 Å². The quantitative estimate of drug-likeness (QED) is 0.856. The predicted octanol–water partition coefficient (Wildman–Crippen LogP) is 3.65. The van der Waals surface area contributed by atoms with Gasteiger partial charge < -0.3 is 5.73 Å². The molecule has 1 saturated heterocycles. The molecule has 2 aromatic carbocycles. The molecule has 3 aliphatic rings. The van der Waals surface area contributed by atoms with Crippen molar-refractivity contribution in [3.8, 4) is 0 Å². The lowest BCUT2D eigenvalue weighted by Gasteiger charge is -2.42. The molecule has 0 spiro atoms. The van der Waals surface area contributed by atoms with E-state index >= 15 is 0 Å². The van der Waals surface area contributed by atoms with Crippen molar-refractivity contribution in [2.24, 2.45) is 5.92 Å². The Hall–Kier alpha value is -1.80. The highest BCUT2D eigenvalue weighted by Gasteiger charge is 2.31. The SMILES string of the molecule is Nc1cccc(CN2C[C@@H]3CC[C@@H]2Cc2ccccc2C3)c1. The number of rotatable bonds is 2. The summed E-state index contributed by atoms with van der Waals surface area (Å²) in [6, 6.07) is 18.1. The molecule has 0 aromatic heterocycles. The van der Waals surface area contributed by atoms with E-state index in [1.807, 2.05) is 6.07 Å². The van der Waals surface area contributed by atoms with Gasteiger partial charge in [-0.1, -0.05) is 36.4 Å². The van der Waals surface area contributed by atoms with E-state index in [4.69, 9.17) is 5.73 Å². The van der Waals surface area contributed by atoms with E-state index < -0.39 is 0 Å². The average Bonchev–Trinajstić information content (AvgIpc) is 2.48. The minimum atomic E-state index is 0.680. The third-order valence-electron chi connectivity index (χ3n) is 5.34. The van der Waals surface area contributed by atoms with Crippen molar-refractivity contribution in [3.05, 3.63) is 65.2 Å². The van der Waals surface area contributed by atoms with E-state index in [-0.39, 0.29) is 0 Å². The topological polar surface area (TPSA) is 29.3 Å². The van der Waals surface area contributed by atoms with Crippen LogP contribution in [-0.2, 0) is 19.4 Å². The molecular formula is C20H24N2. The average molecular weight is 292 g/mol. The predicted molar refractivity (Wildman–Crippen MR) is 91.6 cm³/mol. The number of nitrogen functional groups attached to an aromatic ring is 1. The Morgan fingerprint density at radius 2 is 1.77 bits per heavy atom. The summed E-state index contributed by atoms with van der Waals surface area (Å²) >= 11 is 0. The van der Waals surface area contributed by atoms with Gasteiger partial charge in [0.05, 0.1) is 0 Å². The maximum Gasteiger partial charge on any atom is 0.0317 e. The Bertz CT molecular complexity index is 664. The zero-order valence-corrected chi connectivity index (χ0v) is 13.0. The number of piperidine rings is 1. The van der Waals surface area contributed by atoms with Crippen molar-refractivity contribution >= 4 is 5.69 Å². The van der Waals surface area contributed by atoms with Crippen molar-refractivity contribution in [3.63, 3.8) is 0 Å². The highest BCUT2D eigenvalue weighted by Crippen LogP contribution is 2.33. The Morgan fingerprint density at radius 1 is 0.955 bits per heavy atom. The van der Waals surface area contributed by atoms with Gasteiger partial charge in [0.25, 0.3) is 0 Å². The molecular weight excluding hydrogens is 268 g/mol. The number of benzene rings is 2. The molecule has 22 heavy (non-hydrogen) atoms. The van der Waals surface area contributed by atoms with Crippen LogP contribution < -0.4 is 5.73 Å². The highest BCUT2D eigenvalue weighted by atomic mass is 15.2. The second-order valence-corrected chi connectivity index (χ2v) is 6.95. The molecule has 2 nitrogen and oxygen atoms in total. The molecule has 2 atom stereocenters. The maximum absolute atomic E-state index is 5.94. The monoisotopic (exact) mass is 292 g/mol. The molecule has 1 fully saturated rings.